The van der Waals surface area contributed by atoms with Crippen LogP contribution in [-0.4, -0.2) is 96.7 Å². The minimum atomic E-state index is -4.96. The van der Waals surface area contributed by atoms with Gasteiger partial charge in [0.05, 0.1) is 26.4 Å². The van der Waals surface area contributed by atoms with Crippen molar-refractivity contribution in [2.24, 2.45) is 17.8 Å². The quantitative estimate of drug-likeness (QED) is 0.0222. The van der Waals surface area contributed by atoms with Gasteiger partial charge >= 0.3 is 39.5 Å². The van der Waals surface area contributed by atoms with Crippen LogP contribution in [-0.2, 0) is 65.4 Å². The SMILES string of the molecule is CCCCCCCCCCCCCCCC(=O)O[C@H](COC(=O)CCCCCCCCC(C)CC)COP(=O)(O)OC[C@H](O)COP(=O)(O)OC[C@@H](COC(=O)CCCCCCCCCCCCC(C)C)OC(=O)CCCCCCCCCCCCCCCCCCC(C)C. The van der Waals surface area contributed by atoms with Gasteiger partial charge in [-0.05, 0) is 43.4 Å². The van der Waals surface area contributed by atoms with Crippen molar-refractivity contribution in [1.82, 2.24) is 0 Å². The maximum Gasteiger partial charge on any atom is 0.472 e. The Labute approximate surface area is 581 Å². The van der Waals surface area contributed by atoms with E-state index in [0.717, 1.165) is 114 Å². The molecule has 0 radical (unpaired) electrons. The molecule has 3 unspecified atom stereocenters. The standard InChI is InChI=1S/C76H148O17P2/c1-8-10-11-12-13-14-15-20-24-31-36-45-52-59-76(81)93-72(64-87-74(79)58-51-44-39-38-42-49-56-69(7)9-2)66-91-95(84,85)89-62-70(77)61-88-94(82,83)90-65-71(63-86-73(78)57-50-43-35-30-27-26-29-34-41-48-55-68(5)6)92-75(80)60-53-46-37-32-25-22-19-17-16-18-21-23-28-33-40-47-54-67(3)4/h67-72,77H,8-66H2,1-7H3,(H,82,83)(H,84,85)/t69?,70-,71-,72-/m1/s1. The lowest BCUT2D eigenvalue weighted by Crippen LogP contribution is -2.30. The first-order chi connectivity index (χ1) is 45.8. The van der Waals surface area contributed by atoms with Crippen molar-refractivity contribution in [2.45, 2.75) is 407 Å². The van der Waals surface area contributed by atoms with Crippen LogP contribution < -0.4 is 0 Å². The number of unbranched alkanes of at least 4 members (excludes halogenated alkanes) is 41. The number of rotatable bonds is 74. The number of carbonyl (C=O) groups excluding carboxylic acids is 4. The molecule has 0 bridgehead atoms. The molecule has 95 heavy (non-hydrogen) atoms. The first-order valence-electron chi connectivity index (χ1n) is 39.4. The van der Waals surface area contributed by atoms with Crippen LogP contribution in [0.25, 0.3) is 0 Å². The molecule has 6 atom stereocenters. The van der Waals surface area contributed by atoms with Crippen molar-refractivity contribution in [3.63, 3.8) is 0 Å². The third-order valence-corrected chi connectivity index (χ3v) is 19.9. The summed E-state index contributed by atoms with van der Waals surface area (Å²) in [7, 11) is -9.91. The van der Waals surface area contributed by atoms with Crippen LogP contribution in [0.3, 0.4) is 0 Å². The number of aliphatic hydroxyl groups is 1. The molecule has 0 spiro atoms. The molecule has 0 aliphatic carbocycles. The summed E-state index contributed by atoms with van der Waals surface area (Å²) in [5, 5.41) is 10.6. The summed E-state index contributed by atoms with van der Waals surface area (Å²) in [5.74, 6) is 0.181. The Balaban J connectivity index is 5.24. The Bertz CT molecular complexity index is 1850. The lowest BCUT2D eigenvalue weighted by Gasteiger charge is -2.21. The van der Waals surface area contributed by atoms with Gasteiger partial charge in [-0.3, -0.25) is 37.3 Å². The van der Waals surface area contributed by atoms with Crippen LogP contribution in [0.5, 0.6) is 0 Å². The number of aliphatic hydroxyl groups excluding tert-OH is 1. The summed E-state index contributed by atoms with van der Waals surface area (Å²) in [4.78, 5) is 72.8. The van der Waals surface area contributed by atoms with E-state index in [-0.39, 0.29) is 25.7 Å². The van der Waals surface area contributed by atoms with Crippen LogP contribution in [0.2, 0.25) is 0 Å². The number of carbonyl (C=O) groups is 4. The highest BCUT2D eigenvalue weighted by atomic mass is 31.2. The first-order valence-corrected chi connectivity index (χ1v) is 42.4. The Morgan fingerprint density at radius 2 is 0.537 bits per heavy atom. The average Bonchev–Trinajstić information content (AvgIpc) is 1.91. The molecular weight excluding hydrogens is 1250 g/mol. The van der Waals surface area contributed by atoms with Crippen molar-refractivity contribution < 1.29 is 80.2 Å². The van der Waals surface area contributed by atoms with Crippen LogP contribution in [0.15, 0.2) is 0 Å². The average molecular weight is 1400 g/mol. The Kier molecular flexibility index (Phi) is 65.2. The molecule has 0 aliphatic rings. The molecular formula is C76H148O17P2. The Morgan fingerprint density at radius 1 is 0.305 bits per heavy atom. The van der Waals surface area contributed by atoms with Crippen molar-refractivity contribution in [1.29, 1.82) is 0 Å². The van der Waals surface area contributed by atoms with Crippen LogP contribution in [0.1, 0.15) is 389 Å². The summed E-state index contributed by atoms with van der Waals surface area (Å²) < 4.78 is 68.5. The van der Waals surface area contributed by atoms with E-state index in [9.17, 15) is 43.2 Å². The number of phosphoric ester groups is 2. The third kappa shape index (κ3) is 69.0. The van der Waals surface area contributed by atoms with Crippen molar-refractivity contribution in [2.75, 3.05) is 39.6 Å². The monoisotopic (exact) mass is 1400 g/mol. The van der Waals surface area contributed by atoms with E-state index < -0.39 is 97.5 Å². The fourth-order valence-corrected chi connectivity index (χ4v) is 13.1. The normalized spacial score (nSPS) is 14.4. The third-order valence-electron chi connectivity index (χ3n) is 18.0. The topological polar surface area (TPSA) is 237 Å². The summed E-state index contributed by atoms with van der Waals surface area (Å²) in [6.45, 7) is 11.9. The predicted molar refractivity (Wildman–Crippen MR) is 386 cm³/mol. The maximum absolute atomic E-state index is 13.1. The highest BCUT2D eigenvalue weighted by Crippen LogP contribution is 2.45. The second-order valence-corrected chi connectivity index (χ2v) is 31.5. The van der Waals surface area contributed by atoms with Crippen LogP contribution >= 0.6 is 15.6 Å². The largest absolute Gasteiger partial charge is 0.472 e. The number of ether oxygens (including phenoxy) is 4. The van der Waals surface area contributed by atoms with Gasteiger partial charge in [-0.25, -0.2) is 9.13 Å². The van der Waals surface area contributed by atoms with Crippen molar-refractivity contribution in [3.8, 4) is 0 Å². The van der Waals surface area contributed by atoms with Gasteiger partial charge < -0.3 is 33.8 Å². The predicted octanol–water partition coefficient (Wildman–Crippen LogP) is 22.2. The number of esters is 4. The molecule has 0 heterocycles. The van der Waals surface area contributed by atoms with E-state index in [1.807, 2.05) is 0 Å². The molecule has 0 rings (SSSR count). The molecule has 0 aromatic heterocycles. The Morgan fingerprint density at radius 3 is 0.800 bits per heavy atom. The van der Waals surface area contributed by atoms with E-state index in [1.54, 1.807) is 0 Å². The van der Waals surface area contributed by atoms with E-state index >= 15 is 0 Å². The summed E-state index contributed by atoms with van der Waals surface area (Å²) in [6, 6.07) is 0. The zero-order chi connectivity index (χ0) is 70.1. The molecule has 0 fully saturated rings. The van der Waals surface area contributed by atoms with Crippen molar-refractivity contribution in [3.05, 3.63) is 0 Å². The minimum Gasteiger partial charge on any atom is -0.462 e. The number of hydrogen-bond donors (Lipinski definition) is 3. The van der Waals surface area contributed by atoms with Gasteiger partial charge in [0.25, 0.3) is 0 Å². The fourth-order valence-electron chi connectivity index (χ4n) is 11.6. The van der Waals surface area contributed by atoms with Gasteiger partial charge in [-0.15, -0.1) is 0 Å². The summed E-state index contributed by atoms with van der Waals surface area (Å²) in [5.41, 5.74) is 0. The van der Waals surface area contributed by atoms with Crippen LogP contribution in [0, 0.1) is 17.8 Å². The molecule has 3 N–H and O–H groups in total. The molecule has 0 aliphatic heterocycles. The first kappa shape index (κ1) is 93.1. The number of phosphoric acid groups is 2. The summed E-state index contributed by atoms with van der Waals surface area (Å²) >= 11 is 0. The van der Waals surface area contributed by atoms with Gasteiger partial charge in [0.15, 0.2) is 12.2 Å². The lowest BCUT2D eigenvalue weighted by atomic mass is 10.00. The Hall–Kier alpha value is -1.94. The van der Waals surface area contributed by atoms with Gasteiger partial charge in [-0.1, -0.05) is 337 Å². The van der Waals surface area contributed by atoms with E-state index in [1.165, 1.54) is 193 Å². The summed E-state index contributed by atoms with van der Waals surface area (Å²) in [6.07, 6.45) is 52.7. The number of hydrogen-bond acceptors (Lipinski definition) is 15. The molecule has 17 nitrogen and oxygen atoms in total. The molecule has 19 heteroatoms. The van der Waals surface area contributed by atoms with Gasteiger partial charge in [0, 0.05) is 25.7 Å². The van der Waals surface area contributed by atoms with Gasteiger partial charge in [0.2, 0.25) is 0 Å². The van der Waals surface area contributed by atoms with Gasteiger partial charge in [0.1, 0.15) is 19.3 Å². The molecule has 0 aromatic rings. The molecule has 0 aromatic carbocycles. The second-order valence-electron chi connectivity index (χ2n) is 28.6. The second kappa shape index (κ2) is 66.6. The molecule has 0 amide bonds. The molecule has 0 saturated heterocycles. The molecule has 0 saturated carbocycles. The highest BCUT2D eigenvalue weighted by Gasteiger charge is 2.30. The van der Waals surface area contributed by atoms with E-state index in [4.69, 9.17) is 37.0 Å². The van der Waals surface area contributed by atoms with E-state index in [2.05, 4.69) is 48.5 Å². The molecule has 564 valence electrons. The van der Waals surface area contributed by atoms with Crippen LogP contribution in [0.4, 0.5) is 0 Å². The lowest BCUT2D eigenvalue weighted by molar-refractivity contribution is -0.161. The smallest absolute Gasteiger partial charge is 0.462 e. The van der Waals surface area contributed by atoms with Crippen molar-refractivity contribution >= 4 is 39.5 Å². The van der Waals surface area contributed by atoms with Gasteiger partial charge in [-0.2, -0.15) is 0 Å². The van der Waals surface area contributed by atoms with E-state index in [0.29, 0.717) is 25.7 Å². The minimum absolute atomic E-state index is 0.107. The fraction of sp³-hybridized carbons (Fsp3) is 0.947. The zero-order valence-corrected chi connectivity index (χ0v) is 63.9. The zero-order valence-electron chi connectivity index (χ0n) is 62.1. The highest BCUT2D eigenvalue weighted by molar-refractivity contribution is 7.47. The maximum atomic E-state index is 13.1.